The van der Waals surface area contributed by atoms with Crippen molar-refractivity contribution in [2.45, 2.75) is 37.8 Å². The van der Waals surface area contributed by atoms with Gasteiger partial charge in [-0.05, 0) is 37.3 Å². The first-order valence-electron chi connectivity index (χ1n) is 9.82. The number of piperidine rings is 1. The zero-order valence-corrected chi connectivity index (χ0v) is 15.2. The van der Waals surface area contributed by atoms with Crippen molar-refractivity contribution >= 4 is 5.91 Å². The van der Waals surface area contributed by atoms with Gasteiger partial charge in [0.2, 0.25) is 0 Å². The quantitative estimate of drug-likeness (QED) is 0.862. The molecule has 2 aromatic rings. The van der Waals surface area contributed by atoms with Gasteiger partial charge in [-0.25, -0.2) is 9.97 Å². The highest BCUT2D eigenvalue weighted by atomic mass is 16.2. The van der Waals surface area contributed by atoms with E-state index in [1.807, 2.05) is 17.0 Å². The van der Waals surface area contributed by atoms with Crippen molar-refractivity contribution in [2.75, 3.05) is 13.1 Å². The van der Waals surface area contributed by atoms with Crippen molar-refractivity contribution in [3.63, 3.8) is 0 Å². The molecule has 3 unspecified atom stereocenters. The summed E-state index contributed by atoms with van der Waals surface area (Å²) in [6.07, 6.45) is 11.7. The molecule has 5 rings (SSSR count). The highest BCUT2D eigenvalue weighted by molar-refractivity contribution is 5.93. The maximum absolute atomic E-state index is 13.0. The van der Waals surface area contributed by atoms with E-state index in [1.165, 1.54) is 19.3 Å². The van der Waals surface area contributed by atoms with E-state index in [9.17, 15) is 4.79 Å². The molecule has 27 heavy (non-hydrogen) atoms. The number of likely N-dealkylation sites (tertiary alicyclic amines) is 1. The number of hydrazine groups is 1. The topological polar surface area (TPSA) is 83.0 Å². The Morgan fingerprint density at radius 1 is 1.11 bits per heavy atom. The van der Waals surface area contributed by atoms with Gasteiger partial charge in [-0.2, -0.15) is 0 Å². The van der Waals surface area contributed by atoms with Crippen LogP contribution in [0.5, 0.6) is 0 Å². The van der Waals surface area contributed by atoms with Crippen LogP contribution in [0.2, 0.25) is 0 Å². The second-order valence-electron chi connectivity index (χ2n) is 7.85. The van der Waals surface area contributed by atoms with Gasteiger partial charge >= 0.3 is 0 Å². The molecule has 0 bridgehead atoms. The number of nitrogens with one attached hydrogen (secondary N) is 2. The molecule has 2 saturated heterocycles. The van der Waals surface area contributed by atoms with Crippen LogP contribution in [-0.2, 0) is 0 Å². The van der Waals surface area contributed by atoms with E-state index in [0.29, 0.717) is 29.4 Å². The van der Waals surface area contributed by atoms with Crippen LogP contribution < -0.4 is 10.9 Å². The highest BCUT2D eigenvalue weighted by Gasteiger charge is 2.45. The van der Waals surface area contributed by atoms with Crippen molar-refractivity contribution in [1.82, 2.24) is 30.7 Å². The van der Waals surface area contributed by atoms with Crippen LogP contribution in [0.1, 0.15) is 36.0 Å². The number of carbonyl (C=O) groups excluding carboxylic acids is 1. The molecule has 1 saturated carbocycles. The standard InChI is InChI=1S/C20H24N6O/c27-20(15-10-22-19(23-11-15)14-5-2-7-21-9-14)26-8-6-17-16(12-26)18(25-24-17)13-3-1-4-13/h2,5,7,9-11,13,16-18,24-25H,1,3-4,6,8,12H2. The molecule has 3 aliphatic rings. The summed E-state index contributed by atoms with van der Waals surface area (Å²) in [5.41, 5.74) is 8.38. The summed E-state index contributed by atoms with van der Waals surface area (Å²) in [7, 11) is 0. The molecule has 0 spiro atoms. The molecule has 4 heterocycles. The van der Waals surface area contributed by atoms with Crippen LogP contribution in [0.15, 0.2) is 36.9 Å². The minimum Gasteiger partial charge on any atom is -0.338 e. The Bertz CT molecular complexity index is 807. The molecule has 0 radical (unpaired) electrons. The first-order valence-corrected chi connectivity index (χ1v) is 9.82. The lowest BCUT2D eigenvalue weighted by atomic mass is 9.73. The van der Waals surface area contributed by atoms with Gasteiger partial charge in [-0.3, -0.25) is 20.6 Å². The van der Waals surface area contributed by atoms with E-state index >= 15 is 0 Å². The Hall–Kier alpha value is -2.38. The molecule has 3 fully saturated rings. The van der Waals surface area contributed by atoms with Crippen LogP contribution in [0.4, 0.5) is 0 Å². The van der Waals surface area contributed by atoms with Crippen molar-refractivity contribution in [1.29, 1.82) is 0 Å². The minimum absolute atomic E-state index is 0.0328. The Morgan fingerprint density at radius 3 is 2.67 bits per heavy atom. The number of nitrogens with zero attached hydrogens (tertiary/aromatic N) is 4. The van der Waals surface area contributed by atoms with E-state index in [2.05, 4.69) is 25.8 Å². The fourth-order valence-corrected chi connectivity index (χ4v) is 4.55. The maximum atomic E-state index is 13.0. The molecule has 2 aromatic heterocycles. The Kier molecular flexibility index (Phi) is 4.33. The number of pyridine rings is 1. The molecule has 3 atom stereocenters. The summed E-state index contributed by atoms with van der Waals surface area (Å²) in [6.45, 7) is 1.57. The number of hydrogen-bond donors (Lipinski definition) is 2. The number of hydrogen-bond acceptors (Lipinski definition) is 6. The normalized spacial score (nSPS) is 27.9. The smallest absolute Gasteiger partial charge is 0.257 e. The van der Waals surface area contributed by atoms with Crippen LogP contribution >= 0.6 is 0 Å². The minimum atomic E-state index is 0.0328. The second-order valence-corrected chi connectivity index (χ2v) is 7.85. The zero-order valence-electron chi connectivity index (χ0n) is 15.2. The lowest BCUT2D eigenvalue weighted by Crippen LogP contribution is -2.50. The Balaban J connectivity index is 1.29. The number of aromatic nitrogens is 3. The SMILES string of the molecule is O=C(c1cnc(-c2cccnc2)nc1)N1CCC2NNC(C3CCC3)C2C1. The van der Waals surface area contributed by atoms with Crippen molar-refractivity contribution in [3.05, 3.63) is 42.5 Å². The first kappa shape index (κ1) is 16.8. The van der Waals surface area contributed by atoms with E-state index in [-0.39, 0.29) is 5.91 Å². The molecule has 2 N–H and O–H groups in total. The Labute approximate surface area is 158 Å². The summed E-state index contributed by atoms with van der Waals surface area (Å²) >= 11 is 0. The van der Waals surface area contributed by atoms with E-state index < -0.39 is 0 Å². The lowest BCUT2D eigenvalue weighted by molar-refractivity contribution is 0.0619. The van der Waals surface area contributed by atoms with Crippen LogP contribution in [0.3, 0.4) is 0 Å². The van der Waals surface area contributed by atoms with Crippen LogP contribution in [0, 0.1) is 11.8 Å². The van der Waals surface area contributed by atoms with Gasteiger partial charge in [0.25, 0.3) is 5.91 Å². The van der Waals surface area contributed by atoms with Crippen molar-refractivity contribution in [2.24, 2.45) is 11.8 Å². The third-order valence-corrected chi connectivity index (χ3v) is 6.32. The molecular formula is C20H24N6O. The van der Waals surface area contributed by atoms with Gasteiger partial charge < -0.3 is 4.90 Å². The fourth-order valence-electron chi connectivity index (χ4n) is 4.55. The predicted molar refractivity (Wildman–Crippen MR) is 100 cm³/mol. The molecular weight excluding hydrogens is 340 g/mol. The molecule has 7 heteroatoms. The molecule has 140 valence electrons. The van der Waals surface area contributed by atoms with Crippen LogP contribution in [-0.4, -0.2) is 50.9 Å². The molecule has 7 nitrogen and oxygen atoms in total. The molecule has 0 aromatic carbocycles. The third kappa shape index (κ3) is 3.11. The van der Waals surface area contributed by atoms with Gasteiger partial charge in [-0.15, -0.1) is 0 Å². The third-order valence-electron chi connectivity index (χ3n) is 6.32. The van der Waals surface area contributed by atoms with Gasteiger partial charge in [0, 0.05) is 61.4 Å². The van der Waals surface area contributed by atoms with Gasteiger partial charge in [0.05, 0.1) is 5.56 Å². The zero-order chi connectivity index (χ0) is 18.2. The number of carbonyl (C=O) groups is 1. The lowest BCUT2D eigenvalue weighted by Gasteiger charge is -2.40. The molecule has 1 aliphatic carbocycles. The highest BCUT2D eigenvalue weighted by Crippen LogP contribution is 2.37. The van der Waals surface area contributed by atoms with E-state index in [1.54, 1.807) is 24.8 Å². The average molecular weight is 364 g/mol. The van der Waals surface area contributed by atoms with Gasteiger partial charge in [-0.1, -0.05) is 6.42 Å². The van der Waals surface area contributed by atoms with E-state index in [0.717, 1.165) is 31.0 Å². The summed E-state index contributed by atoms with van der Waals surface area (Å²) < 4.78 is 0. The van der Waals surface area contributed by atoms with E-state index in [4.69, 9.17) is 0 Å². The van der Waals surface area contributed by atoms with Crippen molar-refractivity contribution in [3.8, 4) is 11.4 Å². The largest absolute Gasteiger partial charge is 0.338 e. The number of amides is 1. The second kappa shape index (κ2) is 6.98. The Morgan fingerprint density at radius 2 is 1.96 bits per heavy atom. The predicted octanol–water partition coefficient (Wildman–Crippen LogP) is 1.65. The maximum Gasteiger partial charge on any atom is 0.257 e. The van der Waals surface area contributed by atoms with Crippen LogP contribution in [0.25, 0.3) is 11.4 Å². The summed E-state index contributed by atoms with van der Waals surface area (Å²) in [5.74, 6) is 1.87. The summed E-state index contributed by atoms with van der Waals surface area (Å²) in [4.78, 5) is 27.8. The van der Waals surface area contributed by atoms with Gasteiger partial charge in [0.1, 0.15) is 0 Å². The average Bonchev–Trinajstić information content (AvgIpc) is 3.10. The van der Waals surface area contributed by atoms with Gasteiger partial charge in [0.15, 0.2) is 5.82 Å². The number of rotatable bonds is 3. The van der Waals surface area contributed by atoms with Crippen molar-refractivity contribution < 1.29 is 4.79 Å². The monoisotopic (exact) mass is 364 g/mol. The molecule has 2 aliphatic heterocycles. The first-order chi connectivity index (χ1) is 13.3. The fraction of sp³-hybridized carbons (Fsp3) is 0.500. The summed E-state index contributed by atoms with van der Waals surface area (Å²) in [5, 5.41) is 0. The molecule has 1 amide bonds. The summed E-state index contributed by atoms with van der Waals surface area (Å²) in [6, 6.07) is 4.73. The number of fused-ring (bicyclic) bond motifs is 1.